The second-order valence-electron chi connectivity index (χ2n) is 4.18. The van der Waals surface area contributed by atoms with E-state index < -0.39 is 0 Å². The summed E-state index contributed by atoms with van der Waals surface area (Å²) in [6, 6.07) is 10.4. The van der Waals surface area contributed by atoms with Crippen molar-refractivity contribution >= 4 is 6.29 Å². The molecule has 1 heterocycles. The average Bonchev–Trinajstić information content (AvgIpc) is 2.31. The van der Waals surface area contributed by atoms with Gasteiger partial charge in [-0.3, -0.25) is 9.69 Å². The number of benzene rings is 1. The van der Waals surface area contributed by atoms with Crippen LogP contribution in [0.4, 0.5) is 0 Å². The Hall–Kier alpha value is -1.15. The first-order valence-electron chi connectivity index (χ1n) is 5.52. The van der Waals surface area contributed by atoms with E-state index >= 15 is 0 Å². The molecule has 1 unspecified atom stereocenters. The van der Waals surface area contributed by atoms with Crippen molar-refractivity contribution in [1.82, 2.24) is 4.90 Å². The van der Waals surface area contributed by atoms with Crippen LogP contribution in [0, 0.1) is 5.92 Å². The lowest BCUT2D eigenvalue weighted by Gasteiger charge is -2.29. The van der Waals surface area contributed by atoms with Crippen molar-refractivity contribution in [1.29, 1.82) is 0 Å². The quantitative estimate of drug-likeness (QED) is 0.747. The molecule has 0 saturated carbocycles. The van der Waals surface area contributed by atoms with Crippen molar-refractivity contribution in [3.05, 3.63) is 35.9 Å². The highest BCUT2D eigenvalue weighted by Crippen LogP contribution is 2.16. The number of likely N-dealkylation sites (tertiary alicyclic amines) is 1. The summed E-state index contributed by atoms with van der Waals surface area (Å²) in [7, 11) is 0. The first kappa shape index (κ1) is 10.4. The van der Waals surface area contributed by atoms with Crippen molar-refractivity contribution in [3.8, 4) is 0 Å². The summed E-state index contributed by atoms with van der Waals surface area (Å²) in [5, 5.41) is 0. The molecule has 1 aliphatic rings. The fourth-order valence-corrected chi connectivity index (χ4v) is 2.14. The van der Waals surface area contributed by atoms with E-state index in [9.17, 15) is 4.79 Å². The third kappa shape index (κ3) is 2.90. The molecule has 1 saturated heterocycles. The predicted octanol–water partition coefficient (Wildman–Crippen LogP) is 2.01. The molecule has 2 rings (SSSR count). The normalized spacial score (nSPS) is 22.5. The lowest BCUT2D eigenvalue weighted by atomic mass is 9.99. The maximum absolute atomic E-state index is 10.6. The van der Waals surface area contributed by atoms with E-state index in [1.54, 1.807) is 0 Å². The predicted molar refractivity (Wildman–Crippen MR) is 60.1 cm³/mol. The highest BCUT2D eigenvalue weighted by Gasteiger charge is 2.19. The highest BCUT2D eigenvalue weighted by atomic mass is 16.1. The summed E-state index contributed by atoms with van der Waals surface area (Å²) < 4.78 is 0. The third-order valence-electron chi connectivity index (χ3n) is 2.92. The molecule has 79 valence electrons. The molecule has 1 aromatic carbocycles. The largest absolute Gasteiger partial charge is 0.298 e. The van der Waals surface area contributed by atoms with Gasteiger partial charge in [0.25, 0.3) is 0 Å². The van der Waals surface area contributed by atoms with Crippen molar-refractivity contribution < 1.29 is 4.79 Å². The van der Waals surface area contributed by atoms with Gasteiger partial charge in [0.1, 0.15) is 0 Å². The summed E-state index contributed by atoms with van der Waals surface area (Å²) >= 11 is 0. The summed E-state index contributed by atoms with van der Waals surface area (Å²) in [5.74, 6) is 0.127. The standard InChI is InChI=1S/C13H16NO/c15-11-13-7-4-8-14(10-13)9-12-5-2-1-3-6-12/h1-3,5-6,13H,4,7-10H2. The van der Waals surface area contributed by atoms with Crippen LogP contribution in [0.15, 0.2) is 30.3 Å². The zero-order valence-corrected chi connectivity index (χ0v) is 8.86. The van der Waals surface area contributed by atoms with Gasteiger partial charge in [-0.15, -0.1) is 0 Å². The number of rotatable bonds is 3. The molecule has 15 heavy (non-hydrogen) atoms. The number of carbonyl (C=O) groups excluding carboxylic acids is 1. The van der Waals surface area contributed by atoms with Crippen LogP contribution in [-0.2, 0) is 11.3 Å². The van der Waals surface area contributed by atoms with Crippen LogP contribution < -0.4 is 0 Å². The lowest BCUT2D eigenvalue weighted by molar-refractivity contribution is 0.194. The van der Waals surface area contributed by atoms with Crippen LogP contribution >= 0.6 is 0 Å². The van der Waals surface area contributed by atoms with Crippen LogP contribution in [0.25, 0.3) is 0 Å². The summed E-state index contributed by atoms with van der Waals surface area (Å²) in [6.45, 7) is 2.94. The Morgan fingerprint density at radius 2 is 2.13 bits per heavy atom. The summed E-state index contributed by atoms with van der Waals surface area (Å²) in [6.07, 6.45) is 4.25. The van der Waals surface area contributed by atoms with Crippen LogP contribution in [0.3, 0.4) is 0 Å². The molecule has 1 atom stereocenters. The minimum atomic E-state index is 0.127. The van der Waals surface area contributed by atoms with Gasteiger partial charge >= 0.3 is 0 Å². The Labute approximate surface area is 90.9 Å². The zero-order valence-electron chi connectivity index (χ0n) is 8.86. The Morgan fingerprint density at radius 1 is 1.33 bits per heavy atom. The SMILES string of the molecule is O=[C]C1CCCN(Cc2ccccc2)C1. The summed E-state index contributed by atoms with van der Waals surface area (Å²) in [5.41, 5.74) is 1.32. The second-order valence-corrected chi connectivity index (χ2v) is 4.18. The fraction of sp³-hybridized carbons (Fsp3) is 0.462. The van der Waals surface area contributed by atoms with E-state index in [0.717, 1.165) is 32.5 Å². The van der Waals surface area contributed by atoms with Crippen molar-refractivity contribution in [2.24, 2.45) is 5.92 Å². The Bertz CT molecular complexity index is 310. The molecular formula is C13H16NO. The van der Waals surface area contributed by atoms with E-state index in [1.807, 2.05) is 6.07 Å². The molecule has 0 N–H and O–H groups in total. The molecule has 2 heteroatoms. The van der Waals surface area contributed by atoms with Gasteiger partial charge in [0.05, 0.1) is 0 Å². The molecule has 1 radical (unpaired) electrons. The van der Waals surface area contributed by atoms with E-state index in [-0.39, 0.29) is 5.92 Å². The topological polar surface area (TPSA) is 20.3 Å². The molecule has 0 aliphatic carbocycles. The second kappa shape index (κ2) is 5.08. The summed E-state index contributed by atoms with van der Waals surface area (Å²) in [4.78, 5) is 12.9. The number of nitrogens with zero attached hydrogens (tertiary/aromatic N) is 1. The zero-order chi connectivity index (χ0) is 10.5. The number of hydrogen-bond donors (Lipinski definition) is 0. The first-order valence-corrected chi connectivity index (χ1v) is 5.52. The van der Waals surface area contributed by atoms with E-state index in [2.05, 4.69) is 35.5 Å². The lowest BCUT2D eigenvalue weighted by Crippen LogP contribution is -2.35. The van der Waals surface area contributed by atoms with Crippen LogP contribution in [0.1, 0.15) is 18.4 Å². The van der Waals surface area contributed by atoms with Gasteiger partial charge in [0.15, 0.2) is 0 Å². The monoisotopic (exact) mass is 202 g/mol. The van der Waals surface area contributed by atoms with Crippen LogP contribution in [0.2, 0.25) is 0 Å². The average molecular weight is 202 g/mol. The van der Waals surface area contributed by atoms with Gasteiger partial charge in [-0.1, -0.05) is 30.3 Å². The molecule has 1 aromatic rings. The maximum atomic E-state index is 10.6. The molecule has 0 bridgehead atoms. The minimum absolute atomic E-state index is 0.127. The van der Waals surface area contributed by atoms with Crippen LogP contribution in [-0.4, -0.2) is 24.3 Å². The van der Waals surface area contributed by atoms with Crippen molar-refractivity contribution in [3.63, 3.8) is 0 Å². The third-order valence-corrected chi connectivity index (χ3v) is 2.92. The van der Waals surface area contributed by atoms with Crippen molar-refractivity contribution in [2.75, 3.05) is 13.1 Å². The Kier molecular flexibility index (Phi) is 3.51. The Balaban J connectivity index is 1.92. The van der Waals surface area contributed by atoms with Gasteiger partial charge in [0.2, 0.25) is 6.29 Å². The van der Waals surface area contributed by atoms with Gasteiger partial charge in [-0.2, -0.15) is 0 Å². The minimum Gasteiger partial charge on any atom is -0.298 e. The van der Waals surface area contributed by atoms with Gasteiger partial charge < -0.3 is 0 Å². The molecule has 0 spiro atoms. The van der Waals surface area contributed by atoms with Crippen molar-refractivity contribution in [2.45, 2.75) is 19.4 Å². The molecule has 0 amide bonds. The molecule has 1 aliphatic heterocycles. The molecule has 0 aromatic heterocycles. The smallest absolute Gasteiger partial charge is 0.203 e. The molecule has 2 nitrogen and oxygen atoms in total. The number of hydrogen-bond acceptors (Lipinski definition) is 2. The molecule has 1 fully saturated rings. The van der Waals surface area contributed by atoms with Gasteiger partial charge in [0, 0.05) is 19.0 Å². The van der Waals surface area contributed by atoms with E-state index in [4.69, 9.17) is 0 Å². The van der Waals surface area contributed by atoms with E-state index in [0.29, 0.717) is 0 Å². The van der Waals surface area contributed by atoms with Crippen LogP contribution in [0.5, 0.6) is 0 Å². The fourth-order valence-electron chi connectivity index (χ4n) is 2.14. The van der Waals surface area contributed by atoms with Gasteiger partial charge in [-0.05, 0) is 24.9 Å². The first-order chi connectivity index (χ1) is 7.38. The number of piperidine rings is 1. The maximum Gasteiger partial charge on any atom is 0.203 e. The van der Waals surface area contributed by atoms with Gasteiger partial charge in [-0.25, -0.2) is 0 Å². The molecular weight excluding hydrogens is 186 g/mol. The highest BCUT2D eigenvalue weighted by molar-refractivity contribution is 5.54. The Morgan fingerprint density at radius 3 is 2.87 bits per heavy atom. The van der Waals surface area contributed by atoms with E-state index in [1.165, 1.54) is 5.56 Å².